The molecule has 0 bridgehead atoms. The number of hydrogen-bond acceptors (Lipinski definition) is 4. The number of rotatable bonds is 7. The predicted octanol–water partition coefficient (Wildman–Crippen LogP) is 1.53. The van der Waals surface area contributed by atoms with Crippen molar-refractivity contribution >= 4 is 11.7 Å². The lowest BCUT2D eigenvalue weighted by Crippen LogP contribution is -3.05. The maximum Gasteiger partial charge on any atom is 0.290 e. The van der Waals surface area contributed by atoms with Crippen LogP contribution in [0.4, 0.5) is 4.39 Å². The third-order valence-electron chi connectivity index (χ3n) is 4.57. The quantitative estimate of drug-likeness (QED) is 0.722. The highest BCUT2D eigenvalue weighted by atomic mass is 19.1. The minimum atomic E-state index is -0.992. The average molecular weight is 373 g/mol. The molecule has 1 amide bonds. The van der Waals surface area contributed by atoms with Crippen LogP contribution in [0.1, 0.15) is 28.6 Å². The van der Waals surface area contributed by atoms with E-state index in [4.69, 9.17) is 4.42 Å². The molecule has 0 saturated heterocycles. The zero-order valence-corrected chi connectivity index (χ0v) is 15.2. The second-order valence-corrected chi connectivity index (χ2v) is 6.80. The van der Waals surface area contributed by atoms with E-state index >= 15 is 0 Å². The van der Waals surface area contributed by atoms with Gasteiger partial charge < -0.3 is 19.3 Å². The van der Waals surface area contributed by atoms with E-state index in [0.717, 1.165) is 6.54 Å². The van der Waals surface area contributed by atoms with Crippen LogP contribution in [-0.4, -0.2) is 48.9 Å². The summed E-state index contributed by atoms with van der Waals surface area (Å²) in [6, 6.07) is 7.95. The molecule has 0 unspecified atom stereocenters. The molecule has 0 saturated carbocycles. The van der Waals surface area contributed by atoms with Gasteiger partial charge in [-0.05, 0) is 18.2 Å². The van der Waals surface area contributed by atoms with Gasteiger partial charge in [0, 0.05) is 18.5 Å². The van der Waals surface area contributed by atoms with Crippen molar-refractivity contribution in [3.8, 4) is 0 Å². The minimum Gasteiger partial charge on any atom is -0.503 e. The molecule has 2 heterocycles. The molecule has 7 heteroatoms. The third kappa shape index (κ3) is 3.64. The molecule has 0 aliphatic carbocycles. The summed E-state index contributed by atoms with van der Waals surface area (Å²) in [5, 5.41) is 10.4. The Balaban J connectivity index is 2.02. The number of carbonyl (C=O) groups excluding carboxylic acids is 2. The van der Waals surface area contributed by atoms with Gasteiger partial charge in [-0.25, -0.2) is 4.39 Å². The molecule has 3 rings (SSSR count). The molecule has 2 aromatic rings. The first-order valence-electron chi connectivity index (χ1n) is 8.77. The fourth-order valence-corrected chi connectivity index (χ4v) is 3.28. The highest BCUT2D eigenvalue weighted by molar-refractivity contribution is 6.15. The molecule has 1 aromatic carbocycles. The molecule has 1 aliphatic rings. The zero-order chi connectivity index (χ0) is 19.6. The van der Waals surface area contributed by atoms with Gasteiger partial charge in [0.25, 0.3) is 5.91 Å². The van der Waals surface area contributed by atoms with Crippen molar-refractivity contribution in [3.05, 3.63) is 71.1 Å². The van der Waals surface area contributed by atoms with Crippen LogP contribution in [0, 0.1) is 5.82 Å². The van der Waals surface area contributed by atoms with Gasteiger partial charge >= 0.3 is 0 Å². The van der Waals surface area contributed by atoms with Crippen molar-refractivity contribution in [1.82, 2.24) is 4.90 Å². The Morgan fingerprint density at radius 2 is 2.00 bits per heavy atom. The fourth-order valence-electron chi connectivity index (χ4n) is 3.28. The number of nitrogens with zero attached hydrogens (tertiary/aromatic N) is 1. The van der Waals surface area contributed by atoms with E-state index in [0.29, 0.717) is 13.0 Å². The molecular formula is C20H22FN2O4+. The standard InChI is InChI=1S/C20H21FN2O4/c1-22(2)10-6-11-23-17(13-7-3-4-8-14(13)21)16(19(25)20(23)26)18(24)15-9-5-12-27-15/h3-5,7-9,12,17,25H,6,10-11H2,1-2H3/p+1/t17-/m1/s1. The summed E-state index contributed by atoms with van der Waals surface area (Å²) in [5.41, 5.74) is 0.0132. The molecule has 142 valence electrons. The van der Waals surface area contributed by atoms with Crippen molar-refractivity contribution in [2.24, 2.45) is 0 Å². The number of amides is 1. The molecule has 1 atom stereocenters. The number of ketones is 1. The summed E-state index contributed by atoms with van der Waals surface area (Å²) >= 11 is 0. The Morgan fingerprint density at radius 1 is 1.26 bits per heavy atom. The summed E-state index contributed by atoms with van der Waals surface area (Å²) in [6.45, 7) is 1.08. The molecule has 1 aromatic heterocycles. The highest BCUT2D eigenvalue weighted by Crippen LogP contribution is 2.39. The second kappa shape index (κ2) is 7.75. The monoisotopic (exact) mass is 373 g/mol. The number of Topliss-reactive ketones (excluding diaryl/α,β-unsaturated/α-hetero) is 1. The topological polar surface area (TPSA) is 75.2 Å². The summed E-state index contributed by atoms with van der Waals surface area (Å²) < 4.78 is 19.6. The van der Waals surface area contributed by atoms with E-state index in [1.165, 1.54) is 46.4 Å². The molecular weight excluding hydrogens is 351 g/mol. The Hall–Kier alpha value is -2.93. The summed E-state index contributed by atoms with van der Waals surface area (Å²) in [7, 11) is 3.98. The number of quaternary nitrogens is 1. The number of aliphatic hydroxyl groups excluding tert-OH is 1. The van der Waals surface area contributed by atoms with Crippen LogP contribution >= 0.6 is 0 Å². The molecule has 1 aliphatic heterocycles. The predicted molar refractivity (Wildman–Crippen MR) is 95.8 cm³/mol. The van der Waals surface area contributed by atoms with Gasteiger partial charge in [0.2, 0.25) is 5.78 Å². The van der Waals surface area contributed by atoms with Crippen molar-refractivity contribution in [1.29, 1.82) is 0 Å². The van der Waals surface area contributed by atoms with E-state index in [1.807, 2.05) is 14.1 Å². The van der Waals surface area contributed by atoms with Gasteiger partial charge in [-0.15, -0.1) is 0 Å². The Kier molecular flexibility index (Phi) is 5.41. The van der Waals surface area contributed by atoms with Crippen LogP contribution in [0.3, 0.4) is 0 Å². The number of hydrogen-bond donors (Lipinski definition) is 2. The maximum atomic E-state index is 14.5. The van der Waals surface area contributed by atoms with E-state index in [2.05, 4.69) is 0 Å². The fraction of sp³-hybridized carbons (Fsp3) is 0.300. The molecule has 6 nitrogen and oxygen atoms in total. The molecule has 0 radical (unpaired) electrons. The molecule has 2 N–H and O–H groups in total. The van der Waals surface area contributed by atoms with E-state index in [1.54, 1.807) is 6.07 Å². The second-order valence-electron chi connectivity index (χ2n) is 6.80. The molecule has 0 fully saturated rings. The number of nitrogens with one attached hydrogen (secondary N) is 1. The maximum absolute atomic E-state index is 14.5. The molecule has 0 spiro atoms. The van der Waals surface area contributed by atoms with Crippen LogP contribution in [0.15, 0.2) is 58.4 Å². The first-order chi connectivity index (χ1) is 12.9. The van der Waals surface area contributed by atoms with E-state index < -0.39 is 29.3 Å². The van der Waals surface area contributed by atoms with Crippen molar-refractivity contribution in [2.45, 2.75) is 12.5 Å². The van der Waals surface area contributed by atoms with Gasteiger partial charge in [-0.1, -0.05) is 18.2 Å². The number of aliphatic hydroxyl groups is 1. The normalized spacial score (nSPS) is 17.3. The van der Waals surface area contributed by atoms with E-state index in [9.17, 15) is 19.1 Å². The number of furan rings is 1. The Morgan fingerprint density at radius 3 is 2.63 bits per heavy atom. The lowest BCUT2D eigenvalue weighted by atomic mass is 9.94. The third-order valence-corrected chi connectivity index (χ3v) is 4.57. The van der Waals surface area contributed by atoms with Crippen molar-refractivity contribution in [3.63, 3.8) is 0 Å². The van der Waals surface area contributed by atoms with Gasteiger partial charge in [-0.2, -0.15) is 0 Å². The average Bonchev–Trinajstić information content (AvgIpc) is 3.24. The van der Waals surface area contributed by atoms with Crippen molar-refractivity contribution in [2.75, 3.05) is 27.2 Å². The largest absolute Gasteiger partial charge is 0.503 e. The SMILES string of the molecule is C[NH+](C)CCCN1C(=O)C(O)=C(C(=O)c2ccco2)[C@H]1c1ccccc1F. The summed E-state index contributed by atoms with van der Waals surface area (Å²) in [6.07, 6.45) is 1.98. The lowest BCUT2D eigenvalue weighted by molar-refractivity contribution is -0.858. The van der Waals surface area contributed by atoms with Crippen LogP contribution in [0.25, 0.3) is 0 Å². The van der Waals surface area contributed by atoms with Crippen molar-refractivity contribution < 1.29 is 28.4 Å². The van der Waals surface area contributed by atoms with E-state index in [-0.39, 0.29) is 16.9 Å². The first kappa shape index (κ1) is 18.8. The van der Waals surface area contributed by atoms with Gasteiger partial charge in [0.15, 0.2) is 11.5 Å². The van der Waals surface area contributed by atoms with Gasteiger partial charge in [0.05, 0.1) is 38.5 Å². The number of halogens is 1. The number of carbonyl (C=O) groups is 2. The highest BCUT2D eigenvalue weighted by Gasteiger charge is 2.45. The summed E-state index contributed by atoms with van der Waals surface area (Å²) in [5.74, 6) is -2.50. The lowest BCUT2D eigenvalue weighted by Gasteiger charge is -2.27. The zero-order valence-electron chi connectivity index (χ0n) is 15.2. The minimum absolute atomic E-state index is 0.00900. The Bertz CT molecular complexity index is 874. The number of benzene rings is 1. The van der Waals surface area contributed by atoms with Crippen LogP contribution in [0.5, 0.6) is 0 Å². The van der Waals surface area contributed by atoms with Gasteiger partial charge in [-0.3, -0.25) is 9.59 Å². The first-order valence-corrected chi connectivity index (χ1v) is 8.77. The van der Waals surface area contributed by atoms with Crippen LogP contribution in [0.2, 0.25) is 0 Å². The van der Waals surface area contributed by atoms with Crippen LogP contribution in [-0.2, 0) is 4.79 Å². The Labute approximate surface area is 156 Å². The summed E-state index contributed by atoms with van der Waals surface area (Å²) in [4.78, 5) is 28.1. The van der Waals surface area contributed by atoms with Gasteiger partial charge in [0.1, 0.15) is 5.82 Å². The smallest absolute Gasteiger partial charge is 0.290 e. The van der Waals surface area contributed by atoms with Crippen LogP contribution < -0.4 is 4.90 Å². The molecule has 27 heavy (non-hydrogen) atoms.